The lowest BCUT2D eigenvalue weighted by Gasteiger charge is -2.28. The Morgan fingerprint density at radius 1 is 1.29 bits per heavy atom. The zero-order chi connectivity index (χ0) is 14.7. The number of benzene rings is 1. The van der Waals surface area contributed by atoms with Crippen molar-refractivity contribution in [2.45, 2.75) is 45.1 Å². The molecule has 0 saturated heterocycles. The molecule has 2 bridgehead atoms. The maximum atomic E-state index is 12.0. The van der Waals surface area contributed by atoms with Gasteiger partial charge in [0.2, 0.25) is 5.91 Å². The number of ether oxygens (including phenoxy) is 1. The van der Waals surface area contributed by atoms with Crippen molar-refractivity contribution in [2.24, 2.45) is 17.8 Å². The molecule has 0 spiro atoms. The van der Waals surface area contributed by atoms with Gasteiger partial charge in [-0.05, 0) is 56.1 Å². The number of para-hydroxylation sites is 1. The number of rotatable bonds is 6. The summed E-state index contributed by atoms with van der Waals surface area (Å²) in [5.41, 5.74) is 0. The van der Waals surface area contributed by atoms with Crippen molar-refractivity contribution in [3.05, 3.63) is 30.3 Å². The molecule has 1 N–H and O–H groups in total. The lowest BCUT2D eigenvalue weighted by Crippen LogP contribution is -2.40. The third-order valence-electron chi connectivity index (χ3n) is 5.16. The standard InChI is InChI=1S/C18H25NO2/c1-13(17-12-14-7-8-15(17)11-14)19-18(20)9-10-21-16-5-3-2-4-6-16/h2-6,13-15,17H,7-12H2,1H3,(H,19,20)/t13-,14-,15-,17-/m0/s1. The van der Waals surface area contributed by atoms with Crippen LogP contribution >= 0.6 is 0 Å². The molecule has 1 aromatic rings. The zero-order valence-electron chi connectivity index (χ0n) is 12.8. The molecular weight excluding hydrogens is 262 g/mol. The van der Waals surface area contributed by atoms with Crippen LogP contribution in [0.2, 0.25) is 0 Å². The van der Waals surface area contributed by atoms with E-state index in [1.54, 1.807) is 0 Å². The van der Waals surface area contributed by atoms with Gasteiger partial charge in [0, 0.05) is 6.04 Å². The number of carbonyl (C=O) groups is 1. The number of fused-ring (bicyclic) bond motifs is 2. The second-order valence-corrected chi connectivity index (χ2v) is 6.61. The second kappa shape index (κ2) is 6.50. The number of nitrogens with one attached hydrogen (secondary N) is 1. The summed E-state index contributed by atoms with van der Waals surface area (Å²) in [7, 11) is 0. The highest BCUT2D eigenvalue weighted by Crippen LogP contribution is 2.49. The smallest absolute Gasteiger partial charge is 0.223 e. The fourth-order valence-corrected chi connectivity index (χ4v) is 4.12. The third-order valence-corrected chi connectivity index (χ3v) is 5.16. The van der Waals surface area contributed by atoms with E-state index >= 15 is 0 Å². The van der Waals surface area contributed by atoms with Crippen LogP contribution in [0.15, 0.2) is 30.3 Å². The normalized spacial score (nSPS) is 28.3. The summed E-state index contributed by atoms with van der Waals surface area (Å²) in [4.78, 5) is 12.0. The Bertz CT molecular complexity index is 473. The molecule has 0 heterocycles. The minimum absolute atomic E-state index is 0.112. The van der Waals surface area contributed by atoms with E-state index in [0.717, 1.165) is 17.6 Å². The number of amides is 1. The highest BCUT2D eigenvalue weighted by atomic mass is 16.5. The van der Waals surface area contributed by atoms with E-state index in [0.29, 0.717) is 25.0 Å². The zero-order valence-corrected chi connectivity index (χ0v) is 12.8. The van der Waals surface area contributed by atoms with Gasteiger partial charge >= 0.3 is 0 Å². The van der Waals surface area contributed by atoms with Crippen LogP contribution in [-0.2, 0) is 4.79 Å². The van der Waals surface area contributed by atoms with Gasteiger partial charge in [-0.2, -0.15) is 0 Å². The molecule has 4 atom stereocenters. The first-order valence-corrected chi connectivity index (χ1v) is 8.19. The van der Waals surface area contributed by atoms with Crippen molar-refractivity contribution in [1.29, 1.82) is 0 Å². The van der Waals surface area contributed by atoms with Gasteiger partial charge in [-0.1, -0.05) is 24.6 Å². The van der Waals surface area contributed by atoms with Crippen molar-refractivity contribution >= 4 is 5.91 Å². The first kappa shape index (κ1) is 14.4. The molecule has 0 aromatic heterocycles. The van der Waals surface area contributed by atoms with Crippen molar-refractivity contribution < 1.29 is 9.53 Å². The van der Waals surface area contributed by atoms with E-state index in [1.165, 1.54) is 25.7 Å². The summed E-state index contributed by atoms with van der Waals surface area (Å²) < 4.78 is 5.57. The van der Waals surface area contributed by atoms with Gasteiger partial charge in [-0.25, -0.2) is 0 Å². The Labute approximate surface area is 127 Å². The van der Waals surface area contributed by atoms with E-state index in [2.05, 4.69) is 12.2 Å². The van der Waals surface area contributed by atoms with Crippen LogP contribution in [0.3, 0.4) is 0 Å². The molecule has 1 amide bonds. The van der Waals surface area contributed by atoms with Crippen LogP contribution < -0.4 is 10.1 Å². The maximum absolute atomic E-state index is 12.0. The summed E-state index contributed by atoms with van der Waals surface area (Å²) in [6.45, 7) is 2.61. The maximum Gasteiger partial charge on any atom is 0.223 e. The highest BCUT2D eigenvalue weighted by Gasteiger charge is 2.41. The number of carbonyl (C=O) groups excluding carboxylic acids is 1. The van der Waals surface area contributed by atoms with Gasteiger partial charge in [0.25, 0.3) is 0 Å². The predicted molar refractivity (Wildman–Crippen MR) is 83.1 cm³/mol. The molecule has 0 unspecified atom stereocenters. The molecule has 2 aliphatic rings. The van der Waals surface area contributed by atoms with Crippen molar-refractivity contribution in [2.75, 3.05) is 6.61 Å². The lowest BCUT2D eigenvalue weighted by atomic mass is 9.84. The van der Waals surface area contributed by atoms with Crippen LogP contribution in [0.5, 0.6) is 5.75 Å². The average molecular weight is 287 g/mol. The predicted octanol–water partition coefficient (Wildman–Crippen LogP) is 3.40. The SMILES string of the molecule is C[C@H](NC(=O)CCOc1ccccc1)[C@@H]1C[C@H]2CC[C@H]1C2. The second-order valence-electron chi connectivity index (χ2n) is 6.61. The van der Waals surface area contributed by atoms with Crippen LogP contribution in [-0.4, -0.2) is 18.6 Å². The van der Waals surface area contributed by atoms with Gasteiger partial charge in [-0.3, -0.25) is 4.79 Å². The van der Waals surface area contributed by atoms with E-state index in [9.17, 15) is 4.79 Å². The van der Waals surface area contributed by atoms with E-state index in [4.69, 9.17) is 4.74 Å². The van der Waals surface area contributed by atoms with Crippen LogP contribution in [0, 0.1) is 17.8 Å². The minimum atomic E-state index is 0.112. The average Bonchev–Trinajstić information content (AvgIpc) is 3.11. The van der Waals surface area contributed by atoms with Crippen LogP contribution in [0.4, 0.5) is 0 Å². The first-order chi connectivity index (χ1) is 10.2. The van der Waals surface area contributed by atoms with Gasteiger partial charge in [0.15, 0.2) is 0 Å². The van der Waals surface area contributed by atoms with Gasteiger partial charge in [0.05, 0.1) is 13.0 Å². The van der Waals surface area contributed by atoms with E-state index in [1.807, 2.05) is 30.3 Å². The van der Waals surface area contributed by atoms with Gasteiger partial charge < -0.3 is 10.1 Å². The largest absolute Gasteiger partial charge is 0.493 e. The molecular formula is C18H25NO2. The summed E-state index contributed by atoms with van der Waals surface area (Å²) in [5.74, 6) is 3.42. The Kier molecular flexibility index (Phi) is 4.47. The molecule has 2 saturated carbocycles. The quantitative estimate of drug-likeness (QED) is 0.871. The number of hydrogen-bond acceptors (Lipinski definition) is 2. The summed E-state index contributed by atoms with van der Waals surface area (Å²) in [6.07, 6.45) is 5.91. The molecule has 3 nitrogen and oxygen atoms in total. The molecule has 21 heavy (non-hydrogen) atoms. The molecule has 1 aromatic carbocycles. The summed E-state index contributed by atoms with van der Waals surface area (Å²) >= 11 is 0. The highest BCUT2D eigenvalue weighted by molar-refractivity contribution is 5.76. The van der Waals surface area contributed by atoms with E-state index < -0.39 is 0 Å². The first-order valence-electron chi connectivity index (χ1n) is 8.19. The minimum Gasteiger partial charge on any atom is -0.493 e. The molecule has 2 fully saturated rings. The Morgan fingerprint density at radius 3 is 2.76 bits per heavy atom. The lowest BCUT2D eigenvalue weighted by molar-refractivity contribution is -0.122. The number of hydrogen-bond donors (Lipinski definition) is 1. The van der Waals surface area contributed by atoms with Crippen molar-refractivity contribution in [3.63, 3.8) is 0 Å². The molecule has 2 aliphatic carbocycles. The van der Waals surface area contributed by atoms with Crippen LogP contribution in [0.25, 0.3) is 0 Å². The fraction of sp³-hybridized carbons (Fsp3) is 0.611. The fourth-order valence-electron chi connectivity index (χ4n) is 4.12. The van der Waals surface area contributed by atoms with E-state index in [-0.39, 0.29) is 5.91 Å². The van der Waals surface area contributed by atoms with Gasteiger partial charge in [0.1, 0.15) is 5.75 Å². The molecule has 3 rings (SSSR count). The molecule has 114 valence electrons. The van der Waals surface area contributed by atoms with Crippen molar-refractivity contribution in [1.82, 2.24) is 5.32 Å². The Balaban J connectivity index is 1.38. The monoisotopic (exact) mass is 287 g/mol. The van der Waals surface area contributed by atoms with Crippen LogP contribution in [0.1, 0.15) is 39.0 Å². The Morgan fingerprint density at radius 2 is 2.10 bits per heavy atom. The van der Waals surface area contributed by atoms with Crippen molar-refractivity contribution in [3.8, 4) is 5.75 Å². The summed E-state index contributed by atoms with van der Waals surface area (Å²) in [5, 5.41) is 3.17. The van der Waals surface area contributed by atoms with Gasteiger partial charge in [-0.15, -0.1) is 0 Å². The topological polar surface area (TPSA) is 38.3 Å². The third kappa shape index (κ3) is 3.58. The molecule has 3 heteroatoms. The molecule has 0 aliphatic heterocycles. The Hall–Kier alpha value is -1.51. The summed E-state index contributed by atoms with van der Waals surface area (Å²) in [6, 6.07) is 9.96. The molecule has 0 radical (unpaired) electrons.